The van der Waals surface area contributed by atoms with Crippen LogP contribution in [0.3, 0.4) is 0 Å². The third-order valence-electron chi connectivity index (χ3n) is 3.42. The first kappa shape index (κ1) is 22.4. The molecule has 0 aliphatic heterocycles. The molecule has 1 heterocycles. The third kappa shape index (κ3) is 5.58. The van der Waals surface area contributed by atoms with Gasteiger partial charge in [0.2, 0.25) is 0 Å². The van der Waals surface area contributed by atoms with E-state index in [1.165, 1.54) is 30.5 Å². The van der Waals surface area contributed by atoms with Crippen molar-refractivity contribution in [1.29, 1.82) is 0 Å². The smallest absolute Gasteiger partial charge is 0.407 e. The van der Waals surface area contributed by atoms with Crippen LogP contribution in [-0.4, -0.2) is 38.8 Å². The van der Waals surface area contributed by atoms with Gasteiger partial charge in [-0.25, -0.2) is 25.6 Å². The number of carbonyl (C=O) groups excluding carboxylic acids is 1. The fourth-order valence-corrected chi connectivity index (χ4v) is 5.23. The molecular formula is C17H21BrN2O6S2. The number of nitrogens with one attached hydrogen (secondary N) is 1. The molecule has 0 unspecified atom stereocenters. The Morgan fingerprint density at radius 2 is 1.75 bits per heavy atom. The SMILES string of the molecule is CC(C)(C)OC(=O)NCc1cc(Br)n(S(=O)(=O)c2cccc(S(C)(=O)=O)c2)c1. The van der Waals surface area contributed by atoms with Crippen LogP contribution in [0.5, 0.6) is 0 Å². The number of carbonyl (C=O) groups is 1. The zero-order valence-electron chi connectivity index (χ0n) is 15.8. The molecule has 0 radical (unpaired) electrons. The highest BCUT2D eigenvalue weighted by Gasteiger charge is 2.22. The summed E-state index contributed by atoms with van der Waals surface area (Å²) in [6.07, 6.45) is 1.72. The molecule has 0 saturated heterocycles. The molecule has 154 valence electrons. The molecule has 2 aromatic rings. The van der Waals surface area contributed by atoms with Gasteiger partial charge < -0.3 is 10.1 Å². The van der Waals surface area contributed by atoms with E-state index in [1.807, 2.05) is 0 Å². The molecule has 28 heavy (non-hydrogen) atoms. The lowest BCUT2D eigenvalue weighted by Crippen LogP contribution is -2.32. The molecule has 0 aliphatic carbocycles. The maximum absolute atomic E-state index is 12.9. The van der Waals surface area contributed by atoms with E-state index in [4.69, 9.17) is 4.74 Å². The van der Waals surface area contributed by atoms with Crippen LogP contribution >= 0.6 is 15.9 Å². The number of halogens is 1. The van der Waals surface area contributed by atoms with Crippen LogP contribution in [0, 0.1) is 0 Å². The van der Waals surface area contributed by atoms with Gasteiger partial charge in [0.05, 0.1) is 9.79 Å². The summed E-state index contributed by atoms with van der Waals surface area (Å²) in [7, 11) is -7.59. The van der Waals surface area contributed by atoms with E-state index >= 15 is 0 Å². The standard InChI is InChI=1S/C17H21BrN2O6S2/c1-17(2,3)26-16(21)19-10-12-8-15(18)20(11-12)28(24,25)14-7-5-6-13(9-14)27(4,22)23/h5-9,11H,10H2,1-4H3,(H,19,21). The lowest BCUT2D eigenvalue weighted by atomic mass is 10.2. The molecule has 1 aromatic carbocycles. The molecular weight excluding hydrogens is 472 g/mol. The van der Waals surface area contributed by atoms with Gasteiger partial charge in [-0.3, -0.25) is 0 Å². The van der Waals surface area contributed by atoms with Crippen LogP contribution < -0.4 is 5.32 Å². The number of sulfone groups is 1. The molecule has 1 aromatic heterocycles. The monoisotopic (exact) mass is 492 g/mol. The first-order valence-corrected chi connectivity index (χ1v) is 12.2. The van der Waals surface area contributed by atoms with Crippen molar-refractivity contribution in [3.8, 4) is 0 Å². The summed E-state index contributed by atoms with van der Waals surface area (Å²) < 4.78 is 55.5. The average Bonchev–Trinajstić information content (AvgIpc) is 2.92. The van der Waals surface area contributed by atoms with Crippen molar-refractivity contribution in [2.45, 2.75) is 42.7 Å². The fraction of sp³-hybridized carbons (Fsp3) is 0.353. The molecule has 1 amide bonds. The Labute approximate surface area is 173 Å². The number of aromatic nitrogens is 1. The van der Waals surface area contributed by atoms with Gasteiger partial charge in [-0.2, -0.15) is 0 Å². The number of amides is 1. The summed E-state index contributed by atoms with van der Waals surface area (Å²) >= 11 is 3.19. The largest absolute Gasteiger partial charge is 0.444 e. The van der Waals surface area contributed by atoms with E-state index in [1.54, 1.807) is 20.8 Å². The molecule has 0 atom stereocenters. The van der Waals surface area contributed by atoms with Crippen molar-refractivity contribution in [3.05, 3.63) is 46.7 Å². The minimum atomic E-state index is -4.04. The number of ether oxygens (including phenoxy) is 1. The number of rotatable bonds is 5. The highest BCUT2D eigenvalue weighted by atomic mass is 79.9. The molecule has 0 fully saturated rings. The number of benzene rings is 1. The van der Waals surface area contributed by atoms with Crippen LogP contribution in [0.4, 0.5) is 4.79 Å². The zero-order chi connectivity index (χ0) is 21.3. The van der Waals surface area contributed by atoms with Gasteiger partial charge in [-0.1, -0.05) is 6.07 Å². The number of hydrogen-bond donors (Lipinski definition) is 1. The maximum Gasteiger partial charge on any atom is 0.407 e. The van der Waals surface area contributed by atoms with Crippen molar-refractivity contribution < 1.29 is 26.4 Å². The normalized spacial score (nSPS) is 12.6. The summed E-state index contributed by atoms with van der Waals surface area (Å²) in [5.74, 6) is 0. The van der Waals surface area contributed by atoms with E-state index < -0.39 is 31.6 Å². The fourth-order valence-electron chi connectivity index (χ4n) is 2.21. The summed E-state index contributed by atoms with van der Waals surface area (Å²) in [4.78, 5) is 11.5. The van der Waals surface area contributed by atoms with E-state index in [2.05, 4.69) is 21.2 Å². The van der Waals surface area contributed by atoms with Gasteiger partial charge in [0, 0.05) is 19.0 Å². The van der Waals surface area contributed by atoms with Crippen molar-refractivity contribution in [2.75, 3.05) is 6.26 Å². The Morgan fingerprint density at radius 3 is 2.32 bits per heavy atom. The Hall–Kier alpha value is -1.85. The molecule has 0 aliphatic rings. The zero-order valence-corrected chi connectivity index (χ0v) is 19.0. The minimum absolute atomic E-state index is 0.0550. The lowest BCUT2D eigenvalue weighted by molar-refractivity contribution is 0.0523. The Morgan fingerprint density at radius 1 is 1.14 bits per heavy atom. The quantitative estimate of drug-likeness (QED) is 0.686. The Bertz CT molecular complexity index is 1100. The van der Waals surface area contributed by atoms with E-state index in [-0.39, 0.29) is 20.9 Å². The van der Waals surface area contributed by atoms with Gasteiger partial charge in [-0.15, -0.1) is 0 Å². The number of nitrogens with zero attached hydrogens (tertiary/aromatic N) is 1. The predicted octanol–water partition coefficient (Wildman–Crippen LogP) is 2.92. The van der Waals surface area contributed by atoms with Gasteiger partial charge in [0.25, 0.3) is 10.0 Å². The molecule has 8 nitrogen and oxygen atoms in total. The molecule has 0 bridgehead atoms. The Kier molecular flexibility index (Phi) is 6.31. The van der Waals surface area contributed by atoms with Gasteiger partial charge in [-0.05, 0) is 66.5 Å². The highest BCUT2D eigenvalue weighted by Crippen LogP contribution is 2.24. The summed E-state index contributed by atoms with van der Waals surface area (Å²) in [5, 5.41) is 2.55. The first-order valence-electron chi connectivity index (χ1n) is 8.09. The predicted molar refractivity (Wildman–Crippen MR) is 107 cm³/mol. The number of alkyl carbamates (subject to hydrolysis) is 1. The second-order valence-corrected chi connectivity index (χ2v) is 11.7. The second-order valence-electron chi connectivity index (χ2n) is 7.07. The molecule has 0 spiro atoms. The van der Waals surface area contributed by atoms with Crippen LogP contribution in [0.2, 0.25) is 0 Å². The summed E-state index contributed by atoms with van der Waals surface area (Å²) in [6, 6.07) is 6.65. The van der Waals surface area contributed by atoms with Crippen LogP contribution in [0.15, 0.2) is 50.9 Å². The summed E-state index contributed by atoms with van der Waals surface area (Å²) in [5.41, 5.74) is -0.134. The minimum Gasteiger partial charge on any atom is -0.444 e. The van der Waals surface area contributed by atoms with Gasteiger partial charge in [0.15, 0.2) is 9.84 Å². The third-order valence-corrected chi connectivity index (χ3v) is 7.05. The van der Waals surface area contributed by atoms with Crippen molar-refractivity contribution in [2.24, 2.45) is 0 Å². The van der Waals surface area contributed by atoms with Gasteiger partial charge >= 0.3 is 6.09 Å². The van der Waals surface area contributed by atoms with Crippen molar-refractivity contribution in [1.82, 2.24) is 9.29 Å². The van der Waals surface area contributed by atoms with Crippen molar-refractivity contribution in [3.63, 3.8) is 0 Å². The van der Waals surface area contributed by atoms with E-state index in [9.17, 15) is 21.6 Å². The Balaban J connectivity index is 2.28. The van der Waals surface area contributed by atoms with E-state index in [0.717, 1.165) is 16.3 Å². The number of hydrogen-bond acceptors (Lipinski definition) is 6. The summed E-state index contributed by atoms with van der Waals surface area (Å²) in [6.45, 7) is 5.25. The molecule has 2 rings (SSSR count). The van der Waals surface area contributed by atoms with Crippen LogP contribution in [-0.2, 0) is 31.1 Å². The molecule has 11 heteroatoms. The average molecular weight is 493 g/mol. The second kappa shape index (κ2) is 7.88. The highest BCUT2D eigenvalue weighted by molar-refractivity contribution is 9.10. The van der Waals surface area contributed by atoms with Crippen LogP contribution in [0.25, 0.3) is 0 Å². The van der Waals surface area contributed by atoms with Crippen LogP contribution in [0.1, 0.15) is 26.3 Å². The molecule has 1 N–H and O–H groups in total. The first-order chi connectivity index (χ1) is 12.7. The van der Waals surface area contributed by atoms with E-state index in [0.29, 0.717) is 5.56 Å². The molecule has 0 saturated carbocycles. The van der Waals surface area contributed by atoms with Crippen molar-refractivity contribution >= 4 is 41.9 Å². The van der Waals surface area contributed by atoms with Gasteiger partial charge in [0.1, 0.15) is 10.2 Å². The maximum atomic E-state index is 12.9. The lowest BCUT2D eigenvalue weighted by Gasteiger charge is -2.19. The topological polar surface area (TPSA) is 112 Å².